The molecule has 8 heteroatoms. The average Bonchev–Trinajstić information content (AvgIpc) is 3.19. The Balaban J connectivity index is 1.89. The fourth-order valence-electron chi connectivity index (χ4n) is 3.94. The Labute approximate surface area is 187 Å². The molecule has 5 rings (SSSR count). The Hall–Kier alpha value is -4.64. The van der Waals surface area contributed by atoms with Gasteiger partial charge in [0.15, 0.2) is 5.65 Å². The van der Waals surface area contributed by atoms with Gasteiger partial charge < -0.3 is 14.3 Å². The van der Waals surface area contributed by atoms with Crippen LogP contribution in [-0.4, -0.2) is 26.8 Å². The van der Waals surface area contributed by atoms with Crippen molar-refractivity contribution in [2.45, 2.75) is 13.8 Å². The van der Waals surface area contributed by atoms with E-state index in [1.807, 2.05) is 25.1 Å². The van der Waals surface area contributed by atoms with Gasteiger partial charge in [0.25, 0.3) is 0 Å². The van der Waals surface area contributed by atoms with Crippen LogP contribution in [0.15, 0.2) is 57.7 Å². The summed E-state index contributed by atoms with van der Waals surface area (Å²) in [5.74, 6) is 0.862. The third kappa shape index (κ3) is 3.18. The Morgan fingerprint density at radius 1 is 1.12 bits per heavy atom. The number of hydrogen-bond donors (Lipinski definition) is 1. The molecule has 0 spiro atoms. The van der Waals surface area contributed by atoms with E-state index in [1.54, 1.807) is 44.4 Å². The van der Waals surface area contributed by atoms with Crippen LogP contribution < -0.4 is 10.4 Å². The predicted molar refractivity (Wildman–Crippen MR) is 122 cm³/mol. The number of nitriles is 1. The topological polar surface area (TPSA) is 114 Å². The molecule has 162 valence electrons. The van der Waals surface area contributed by atoms with Gasteiger partial charge in [0, 0.05) is 5.56 Å². The van der Waals surface area contributed by atoms with Gasteiger partial charge in [-0.3, -0.25) is 0 Å². The number of hydrogen-bond acceptors (Lipinski definition) is 7. The summed E-state index contributed by atoms with van der Waals surface area (Å²) in [6.45, 7) is 3.56. The summed E-state index contributed by atoms with van der Waals surface area (Å²) in [5.41, 5.74) is 2.51. The average molecular weight is 438 g/mol. The molecule has 0 saturated carbocycles. The molecule has 0 bridgehead atoms. The lowest BCUT2D eigenvalue weighted by atomic mass is 9.98. The standard InChI is InChI=1S/C25H18N4O4/c1-13-4-9-17-21(10-13)33-25(31)22(23(17)30)20-11-18(15-5-7-16(32-3)8-6-15)19(12-26)24-27-14(2)28-29(20)24/h4-11,30H,1-3H3. The lowest BCUT2D eigenvalue weighted by Gasteiger charge is -2.12. The number of benzene rings is 2. The zero-order valence-electron chi connectivity index (χ0n) is 18.1. The quantitative estimate of drug-likeness (QED) is 0.416. The second-order valence-corrected chi connectivity index (χ2v) is 7.67. The minimum atomic E-state index is -0.717. The Morgan fingerprint density at radius 3 is 2.58 bits per heavy atom. The van der Waals surface area contributed by atoms with E-state index in [-0.39, 0.29) is 28.2 Å². The van der Waals surface area contributed by atoms with E-state index in [0.717, 1.165) is 11.1 Å². The first-order chi connectivity index (χ1) is 15.9. The fraction of sp³-hybridized carbons (Fsp3) is 0.120. The molecule has 0 saturated heterocycles. The summed E-state index contributed by atoms with van der Waals surface area (Å²) in [4.78, 5) is 17.4. The number of nitrogens with zero attached hydrogens (tertiary/aromatic N) is 4. The zero-order chi connectivity index (χ0) is 23.3. The second-order valence-electron chi connectivity index (χ2n) is 7.67. The summed E-state index contributed by atoms with van der Waals surface area (Å²) in [7, 11) is 1.57. The maximum Gasteiger partial charge on any atom is 0.349 e. The van der Waals surface area contributed by atoms with Crippen LogP contribution in [0.3, 0.4) is 0 Å². The first kappa shape index (κ1) is 20.3. The highest BCUT2D eigenvalue weighted by molar-refractivity contribution is 5.92. The molecule has 3 aromatic heterocycles. The highest BCUT2D eigenvalue weighted by Crippen LogP contribution is 2.37. The summed E-state index contributed by atoms with van der Waals surface area (Å²) < 4.78 is 12.2. The van der Waals surface area contributed by atoms with Gasteiger partial charge in [0.05, 0.1) is 18.2 Å². The summed E-state index contributed by atoms with van der Waals surface area (Å²) in [5, 5.41) is 25.8. The molecule has 0 aliphatic carbocycles. The van der Waals surface area contributed by atoms with Crippen LogP contribution in [0.4, 0.5) is 0 Å². The van der Waals surface area contributed by atoms with E-state index < -0.39 is 5.63 Å². The number of ether oxygens (including phenoxy) is 1. The molecule has 0 radical (unpaired) electrons. The molecule has 0 amide bonds. The largest absolute Gasteiger partial charge is 0.506 e. The van der Waals surface area contributed by atoms with Crippen LogP contribution in [0.5, 0.6) is 11.5 Å². The van der Waals surface area contributed by atoms with Crippen molar-refractivity contribution in [2.24, 2.45) is 0 Å². The van der Waals surface area contributed by atoms with Crippen LogP contribution in [0.1, 0.15) is 17.0 Å². The van der Waals surface area contributed by atoms with Gasteiger partial charge in [0.2, 0.25) is 0 Å². The highest BCUT2D eigenvalue weighted by atomic mass is 16.5. The summed E-state index contributed by atoms with van der Waals surface area (Å²) in [6.07, 6.45) is 0. The molecule has 33 heavy (non-hydrogen) atoms. The van der Waals surface area contributed by atoms with E-state index in [9.17, 15) is 15.2 Å². The van der Waals surface area contributed by atoms with Gasteiger partial charge in [-0.05, 0) is 55.3 Å². The number of aryl methyl sites for hydroxylation is 2. The second kappa shape index (κ2) is 7.50. The molecule has 0 aliphatic rings. The minimum absolute atomic E-state index is 0.0551. The maximum atomic E-state index is 13.0. The monoisotopic (exact) mass is 438 g/mol. The van der Waals surface area contributed by atoms with Crippen molar-refractivity contribution in [3.8, 4) is 40.0 Å². The summed E-state index contributed by atoms with van der Waals surface area (Å²) >= 11 is 0. The number of aromatic nitrogens is 3. The molecule has 0 unspecified atom stereocenters. The Morgan fingerprint density at radius 2 is 1.88 bits per heavy atom. The van der Waals surface area contributed by atoms with Gasteiger partial charge in [0.1, 0.15) is 40.1 Å². The van der Waals surface area contributed by atoms with Gasteiger partial charge in [-0.15, -0.1) is 0 Å². The molecule has 1 N–H and O–H groups in total. The van der Waals surface area contributed by atoms with Crippen molar-refractivity contribution in [1.82, 2.24) is 14.6 Å². The van der Waals surface area contributed by atoms with Crippen molar-refractivity contribution in [1.29, 1.82) is 5.26 Å². The number of methoxy groups -OCH3 is 1. The fourth-order valence-corrected chi connectivity index (χ4v) is 3.94. The van der Waals surface area contributed by atoms with E-state index in [1.165, 1.54) is 4.52 Å². The number of rotatable bonds is 3. The zero-order valence-corrected chi connectivity index (χ0v) is 18.1. The van der Waals surface area contributed by atoms with Crippen LogP contribution in [0.25, 0.3) is 39.0 Å². The lowest BCUT2D eigenvalue weighted by molar-refractivity contribution is 0.415. The maximum absolute atomic E-state index is 13.0. The molecule has 2 aromatic carbocycles. The minimum Gasteiger partial charge on any atom is -0.506 e. The number of aromatic hydroxyl groups is 1. The first-order valence-corrected chi connectivity index (χ1v) is 10.1. The SMILES string of the molecule is COc1ccc(-c2cc(-c3c(O)c4ccc(C)cc4oc3=O)n3nc(C)nc3c2C#N)cc1. The molecule has 0 atom stereocenters. The van der Waals surface area contributed by atoms with Crippen LogP contribution in [0.2, 0.25) is 0 Å². The number of pyridine rings is 1. The van der Waals surface area contributed by atoms with Crippen molar-refractivity contribution >= 4 is 16.6 Å². The Kier molecular flexibility index (Phi) is 4.61. The molecule has 5 aromatic rings. The molecule has 8 nitrogen and oxygen atoms in total. The van der Waals surface area contributed by atoms with Gasteiger partial charge in [-0.1, -0.05) is 18.2 Å². The van der Waals surface area contributed by atoms with E-state index in [2.05, 4.69) is 16.2 Å². The first-order valence-electron chi connectivity index (χ1n) is 10.1. The smallest absolute Gasteiger partial charge is 0.349 e. The van der Waals surface area contributed by atoms with E-state index in [0.29, 0.717) is 28.1 Å². The van der Waals surface area contributed by atoms with Crippen molar-refractivity contribution in [2.75, 3.05) is 7.11 Å². The van der Waals surface area contributed by atoms with Crippen LogP contribution >= 0.6 is 0 Å². The molecular formula is C25H18N4O4. The molecular weight excluding hydrogens is 420 g/mol. The van der Waals surface area contributed by atoms with Crippen molar-refractivity contribution in [3.63, 3.8) is 0 Å². The lowest BCUT2D eigenvalue weighted by Crippen LogP contribution is -2.09. The van der Waals surface area contributed by atoms with E-state index in [4.69, 9.17) is 9.15 Å². The molecule has 0 fully saturated rings. The van der Waals surface area contributed by atoms with Gasteiger partial charge >= 0.3 is 5.63 Å². The van der Waals surface area contributed by atoms with Gasteiger partial charge in [-0.25, -0.2) is 14.3 Å². The molecule has 0 aliphatic heterocycles. The Bertz CT molecular complexity index is 1660. The van der Waals surface area contributed by atoms with Gasteiger partial charge in [-0.2, -0.15) is 10.4 Å². The highest BCUT2D eigenvalue weighted by Gasteiger charge is 2.24. The normalized spacial score (nSPS) is 11.1. The van der Waals surface area contributed by atoms with E-state index >= 15 is 0 Å². The summed E-state index contributed by atoms with van der Waals surface area (Å²) in [6, 6.07) is 16.2. The van der Waals surface area contributed by atoms with Crippen molar-refractivity contribution in [3.05, 3.63) is 75.9 Å². The third-order valence-corrected chi connectivity index (χ3v) is 5.52. The third-order valence-electron chi connectivity index (χ3n) is 5.52. The number of fused-ring (bicyclic) bond motifs is 2. The predicted octanol–water partition coefficient (Wildman–Crippen LogP) is 4.37. The molecule has 3 heterocycles. The van der Waals surface area contributed by atoms with Crippen LogP contribution in [0, 0.1) is 25.2 Å². The van der Waals surface area contributed by atoms with Crippen LogP contribution in [-0.2, 0) is 0 Å². The van der Waals surface area contributed by atoms with Crippen molar-refractivity contribution < 1.29 is 14.3 Å².